The van der Waals surface area contributed by atoms with Crippen molar-refractivity contribution >= 4 is 27.5 Å². The number of fused-ring (bicyclic) bond motifs is 1. The summed E-state index contributed by atoms with van der Waals surface area (Å²) < 4.78 is 2.73. The minimum atomic E-state index is -0.785. The lowest BCUT2D eigenvalue weighted by Gasteiger charge is -2.16. The Morgan fingerprint density at radius 2 is 2.06 bits per heavy atom. The van der Waals surface area contributed by atoms with Crippen LogP contribution < -0.4 is 11.2 Å². The molecule has 0 radical (unpaired) electrons. The second-order valence-electron chi connectivity index (χ2n) is 8.28. The Kier molecular flexibility index (Phi) is 5.82. The number of aryl methyl sites for hydroxylation is 2. The van der Waals surface area contributed by atoms with Gasteiger partial charge in [0.2, 0.25) is 0 Å². The fourth-order valence-corrected chi connectivity index (χ4v) is 5.51. The standard InChI is InChI=1S/C21H27N5O5S/c1-6-24-18(28)17-16(19(29)25-8-13(27)9-31-25)15(7-14-11(4)22-23-12(14)5)32-20(17)26(10(2)3)21(24)30/h10,13,27H,6-9H2,1-5H3,(H,22,23)/t13-/m0/s1. The number of aliphatic hydroxyl groups is 1. The molecule has 1 aliphatic heterocycles. The van der Waals surface area contributed by atoms with Crippen LogP contribution in [0.5, 0.6) is 0 Å². The van der Waals surface area contributed by atoms with Crippen LogP contribution in [0.25, 0.3) is 10.2 Å². The molecule has 3 aromatic rings. The van der Waals surface area contributed by atoms with Gasteiger partial charge in [-0.3, -0.25) is 28.7 Å². The molecular formula is C21H27N5O5S. The molecule has 1 amide bonds. The average molecular weight is 462 g/mol. The monoisotopic (exact) mass is 461 g/mol. The summed E-state index contributed by atoms with van der Waals surface area (Å²) in [6.45, 7) is 9.47. The summed E-state index contributed by atoms with van der Waals surface area (Å²) in [6, 6.07) is -0.208. The lowest BCUT2D eigenvalue weighted by atomic mass is 10.0. The van der Waals surface area contributed by atoms with Crippen LogP contribution in [0.3, 0.4) is 0 Å². The number of rotatable bonds is 5. The first-order chi connectivity index (χ1) is 15.1. The Morgan fingerprint density at radius 1 is 1.34 bits per heavy atom. The lowest BCUT2D eigenvalue weighted by Crippen LogP contribution is -2.40. The summed E-state index contributed by atoms with van der Waals surface area (Å²) in [7, 11) is 0. The van der Waals surface area contributed by atoms with Gasteiger partial charge in [-0.2, -0.15) is 5.10 Å². The third-order valence-electron chi connectivity index (χ3n) is 5.77. The van der Waals surface area contributed by atoms with Crippen LogP contribution in [0.15, 0.2) is 9.59 Å². The van der Waals surface area contributed by atoms with Gasteiger partial charge in [0.25, 0.3) is 11.5 Å². The van der Waals surface area contributed by atoms with Crippen molar-refractivity contribution in [2.45, 2.75) is 59.7 Å². The quantitative estimate of drug-likeness (QED) is 0.594. The smallest absolute Gasteiger partial charge is 0.332 e. The van der Waals surface area contributed by atoms with E-state index in [0.717, 1.165) is 26.6 Å². The van der Waals surface area contributed by atoms with Crippen LogP contribution in [0.1, 0.15) is 59.0 Å². The van der Waals surface area contributed by atoms with Gasteiger partial charge in [-0.25, -0.2) is 9.86 Å². The molecule has 0 spiro atoms. The molecule has 0 saturated carbocycles. The average Bonchev–Trinajstić information content (AvgIpc) is 3.41. The highest BCUT2D eigenvalue weighted by molar-refractivity contribution is 7.19. The van der Waals surface area contributed by atoms with Crippen molar-refractivity contribution in [2.24, 2.45) is 0 Å². The maximum absolute atomic E-state index is 13.5. The van der Waals surface area contributed by atoms with Crippen molar-refractivity contribution in [3.8, 4) is 0 Å². The molecule has 0 unspecified atom stereocenters. The van der Waals surface area contributed by atoms with Crippen LogP contribution >= 0.6 is 11.3 Å². The summed E-state index contributed by atoms with van der Waals surface area (Å²) in [5, 5.41) is 18.4. The van der Waals surface area contributed by atoms with Gasteiger partial charge in [0, 0.05) is 35.1 Å². The zero-order valence-electron chi connectivity index (χ0n) is 18.8. The van der Waals surface area contributed by atoms with E-state index in [-0.39, 0.29) is 36.7 Å². The molecule has 10 nitrogen and oxygen atoms in total. The normalized spacial score (nSPS) is 16.6. The first-order valence-electron chi connectivity index (χ1n) is 10.6. The second kappa shape index (κ2) is 8.30. The number of nitrogens with one attached hydrogen (secondary N) is 1. The van der Waals surface area contributed by atoms with Crippen LogP contribution in [-0.2, 0) is 17.8 Å². The number of aliphatic hydroxyl groups excluding tert-OH is 1. The SMILES string of the molecule is CCn1c(=O)c2c(C(=O)N3C[C@H](O)CO3)c(Cc3c(C)n[nH]c3C)sc2n(C(C)C)c1=O. The highest BCUT2D eigenvalue weighted by atomic mass is 32.1. The molecule has 1 fully saturated rings. The van der Waals surface area contributed by atoms with E-state index < -0.39 is 23.3 Å². The number of hydrogen-bond donors (Lipinski definition) is 2. The number of aromatic nitrogens is 4. The summed E-state index contributed by atoms with van der Waals surface area (Å²) in [5.74, 6) is -0.490. The van der Waals surface area contributed by atoms with Crippen LogP contribution in [0.4, 0.5) is 0 Å². The number of carbonyl (C=O) groups excluding carboxylic acids is 1. The molecule has 11 heteroatoms. The molecule has 0 bridgehead atoms. The Labute approximate surface area is 188 Å². The van der Waals surface area contributed by atoms with E-state index in [9.17, 15) is 19.5 Å². The highest BCUT2D eigenvalue weighted by Crippen LogP contribution is 2.34. The Balaban J connectivity index is 2.04. The zero-order chi connectivity index (χ0) is 23.3. The first-order valence-corrected chi connectivity index (χ1v) is 11.4. The molecule has 0 aliphatic carbocycles. The van der Waals surface area contributed by atoms with Gasteiger partial charge >= 0.3 is 5.69 Å². The maximum atomic E-state index is 13.5. The van der Waals surface area contributed by atoms with Gasteiger partial charge < -0.3 is 5.11 Å². The van der Waals surface area contributed by atoms with Crippen molar-refractivity contribution in [3.05, 3.63) is 48.2 Å². The van der Waals surface area contributed by atoms with Crippen molar-refractivity contribution < 1.29 is 14.7 Å². The van der Waals surface area contributed by atoms with E-state index in [1.165, 1.54) is 11.3 Å². The molecule has 3 aromatic heterocycles. The maximum Gasteiger partial charge on any atom is 0.332 e. The number of hydroxylamine groups is 2. The van der Waals surface area contributed by atoms with Gasteiger partial charge in [0.05, 0.1) is 23.2 Å². The Morgan fingerprint density at radius 3 is 2.59 bits per heavy atom. The topological polar surface area (TPSA) is 122 Å². The number of nitrogens with zero attached hydrogens (tertiary/aromatic N) is 4. The number of β-amino-alcohol motifs (C(OH)–C–C–N with tert-alkyl or cyclic N) is 1. The minimum absolute atomic E-state index is 0.0129. The molecule has 2 N–H and O–H groups in total. The summed E-state index contributed by atoms with van der Waals surface area (Å²) in [4.78, 5) is 46.5. The summed E-state index contributed by atoms with van der Waals surface area (Å²) in [6.07, 6.45) is -0.408. The third-order valence-corrected chi connectivity index (χ3v) is 6.96. The number of carbonyl (C=O) groups is 1. The summed E-state index contributed by atoms with van der Waals surface area (Å²) in [5.41, 5.74) is 1.95. The van der Waals surface area contributed by atoms with Crippen molar-refractivity contribution in [3.63, 3.8) is 0 Å². The first kappa shape index (κ1) is 22.4. The molecule has 1 saturated heterocycles. The van der Waals surface area contributed by atoms with E-state index in [1.807, 2.05) is 27.7 Å². The van der Waals surface area contributed by atoms with Crippen LogP contribution in [0, 0.1) is 13.8 Å². The van der Waals surface area contributed by atoms with Gasteiger partial charge in [0.1, 0.15) is 17.5 Å². The molecule has 32 heavy (non-hydrogen) atoms. The Hall–Kier alpha value is -2.76. The summed E-state index contributed by atoms with van der Waals surface area (Å²) >= 11 is 1.27. The minimum Gasteiger partial charge on any atom is -0.389 e. The predicted molar refractivity (Wildman–Crippen MR) is 120 cm³/mol. The van der Waals surface area contributed by atoms with Crippen molar-refractivity contribution in [1.82, 2.24) is 24.4 Å². The van der Waals surface area contributed by atoms with E-state index in [0.29, 0.717) is 16.1 Å². The number of H-pyrrole nitrogens is 1. The zero-order valence-corrected chi connectivity index (χ0v) is 19.6. The van der Waals surface area contributed by atoms with E-state index >= 15 is 0 Å². The number of aromatic amines is 1. The van der Waals surface area contributed by atoms with Crippen LogP contribution in [-0.4, -0.2) is 54.7 Å². The van der Waals surface area contributed by atoms with Gasteiger partial charge in [0.15, 0.2) is 0 Å². The van der Waals surface area contributed by atoms with E-state index in [4.69, 9.17) is 4.84 Å². The van der Waals surface area contributed by atoms with Crippen LogP contribution in [0.2, 0.25) is 0 Å². The molecule has 1 atom stereocenters. The number of thiophene rings is 1. The molecular weight excluding hydrogens is 434 g/mol. The fourth-order valence-electron chi connectivity index (χ4n) is 4.09. The molecule has 1 aliphatic rings. The third kappa shape index (κ3) is 3.50. The van der Waals surface area contributed by atoms with Gasteiger partial charge in [-0.1, -0.05) is 0 Å². The Bertz CT molecular complexity index is 1300. The number of hydrogen-bond acceptors (Lipinski definition) is 7. The van der Waals surface area contributed by atoms with Crippen molar-refractivity contribution in [1.29, 1.82) is 0 Å². The van der Waals surface area contributed by atoms with Gasteiger partial charge in [-0.15, -0.1) is 11.3 Å². The fraction of sp³-hybridized carbons (Fsp3) is 0.524. The highest BCUT2D eigenvalue weighted by Gasteiger charge is 2.33. The molecule has 172 valence electrons. The molecule has 0 aromatic carbocycles. The molecule has 4 heterocycles. The molecule has 4 rings (SSSR count). The van der Waals surface area contributed by atoms with Gasteiger partial charge in [-0.05, 0) is 34.6 Å². The number of amides is 1. The largest absolute Gasteiger partial charge is 0.389 e. The van der Waals surface area contributed by atoms with E-state index in [1.54, 1.807) is 11.5 Å². The van der Waals surface area contributed by atoms with Crippen molar-refractivity contribution in [2.75, 3.05) is 13.2 Å². The second-order valence-corrected chi connectivity index (χ2v) is 9.36. The lowest BCUT2D eigenvalue weighted by molar-refractivity contribution is -0.0778. The van der Waals surface area contributed by atoms with E-state index in [2.05, 4.69) is 10.2 Å². The predicted octanol–water partition coefficient (Wildman–Crippen LogP) is 1.50.